The molecule has 0 amide bonds. The Morgan fingerprint density at radius 3 is 1.90 bits per heavy atom. The number of fused-ring (bicyclic) bond motifs is 3. The molecular weight excluding hydrogens is 755 g/mol. The molecule has 0 aromatic heterocycles. The summed E-state index contributed by atoms with van der Waals surface area (Å²) in [4.78, 5) is 0. The van der Waals surface area contributed by atoms with Crippen LogP contribution in [0.1, 0.15) is 93.3 Å². The van der Waals surface area contributed by atoms with E-state index in [1.807, 2.05) is 0 Å². The van der Waals surface area contributed by atoms with Crippen molar-refractivity contribution in [3.63, 3.8) is 0 Å². The maximum atomic E-state index is 2.80. The Labute approximate surface area is 322 Å². The van der Waals surface area contributed by atoms with E-state index in [0.717, 1.165) is 0 Å². The van der Waals surface area contributed by atoms with Crippen LogP contribution in [-0.2, 0) is 22.8 Å². The molecule has 2 unspecified atom stereocenters. The van der Waals surface area contributed by atoms with Gasteiger partial charge in [-0.2, -0.15) is 0 Å². The third-order valence-corrected chi connectivity index (χ3v) is 29.9. The standard InChI is InChI=1S/C23H21.C22H25.2CH3.2ClH.H2Si.Zr/c1-14-12-21-16(3)15(2)17(4)23(22(21)13-14)20-11-7-9-18-8-5-6-10-19(18)20;1-15(2)18-13-17-7-6-8-20(21(17)14-18)16-9-11-19(12-10-16)22(3,4)5;;;;;;/h5-13H,1-4H3;6-15H,1-5H3;2*1H3;2*1H;1H2;. The topological polar surface area (TPSA) is 0 Å². The van der Waals surface area contributed by atoms with Crippen LogP contribution in [0.15, 0.2) is 96.1 Å². The van der Waals surface area contributed by atoms with E-state index in [2.05, 4.69) is 176 Å². The molecular formula is C47H56Cl2SiZr. The molecule has 0 heterocycles. The van der Waals surface area contributed by atoms with Crippen LogP contribution < -0.4 is 0 Å². The third kappa shape index (κ3) is 6.35. The molecule has 51 heavy (non-hydrogen) atoms. The molecule has 7 rings (SSSR count). The zero-order chi connectivity index (χ0) is 35.2. The summed E-state index contributed by atoms with van der Waals surface area (Å²) in [6.45, 7) is 23.8. The zero-order valence-corrected chi connectivity index (χ0v) is 38.0. The van der Waals surface area contributed by atoms with E-state index in [4.69, 9.17) is 0 Å². The van der Waals surface area contributed by atoms with Crippen LogP contribution >= 0.6 is 24.8 Å². The van der Waals surface area contributed by atoms with Crippen molar-refractivity contribution in [2.45, 2.75) is 84.2 Å². The summed E-state index contributed by atoms with van der Waals surface area (Å²) in [6, 6.07) is 32.3. The number of allylic oxidation sites excluding steroid dienone is 2. The second-order valence-corrected chi connectivity index (χ2v) is 48.2. The molecule has 0 saturated heterocycles. The molecule has 0 aliphatic heterocycles. The fraction of sp³-hybridized carbons (Fsp3) is 0.319. The van der Waals surface area contributed by atoms with E-state index < -0.39 is 17.4 Å². The van der Waals surface area contributed by atoms with Gasteiger partial charge in [0.2, 0.25) is 0 Å². The molecule has 0 nitrogen and oxygen atoms in total. The van der Waals surface area contributed by atoms with Gasteiger partial charge in [0.1, 0.15) is 0 Å². The van der Waals surface area contributed by atoms with Gasteiger partial charge >= 0.3 is 300 Å². The number of hydrogen-bond donors (Lipinski definition) is 0. The van der Waals surface area contributed by atoms with E-state index in [0.29, 0.717) is 13.2 Å². The minimum absolute atomic E-state index is 0. The first-order valence-electron chi connectivity index (χ1n) is 18.3. The zero-order valence-electron chi connectivity index (χ0n) is 32.5. The van der Waals surface area contributed by atoms with Crippen molar-refractivity contribution >= 4 is 54.6 Å². The minimum atomic E-state index is -3.80. The molecule has 0 bridgehead atoms. The molecule has 2 aliphatic rings. The minimum Gasteiger partial charge on any atom is -0.147 e. The first-order chi connectivity index (χ1) is 23.0. The van der Waals surface area contributed by atoms with Gasteiger partial charge in [-0.1, -0.05) is 0 Å². The van der Waals surface area contributed by atoms with Crippen molar-refractivity contribution in [1.82, 2.24) is 0 Å². The van der Waals surface area contributed by atoms with E-state index in [1.165, 1.54) is 66.4 Å². The Morgan fingerprint density at radius 1 is 0.647 bits per heavy atom. The Hall–Kier alpha value is -2.48. The van der Waals surface area contributed by atoms with Crippen molar-refractivity contribution in [3.05, 3.63) is 141 Å². The number of hydrogen-bond acceptors (Lipinski definition) is 0. The van der Waals surface area contributed by atoms with Crippen molar-refractivity contribution in [2.24, 2.45) is 5.92 Å². The summed E-state index contributed by atoms with van der Waals surface area (Å²) in [5.74, 6) is 0.489. The monoisotopic (exact) mass is 808 g/mol. The molecule has 0 radical (unpaired) electrons. The number of rotatable bonds is 5. The Bertz CT molecular complexity index is 2300. The van der Waals surface area contributed by atoms with Crippen LogP contribution in [-0.4, -0.2) is 6.88 Å². The quantitative estimate of drug-likeness (QED) is 0.155. The molecule has 5 aromatic carbocycles. The van der Waals surface area contributed by atoms with Gasteiger partial charge in [-0.3, -0.25) is 0 Å². The average molecular weight is 811 g/mol. The fourth-order valence-electron chi connectivity index (χ4n) is 9.83. The number of halogens is 2. The van der Waals surface area contributed by atoms with Crippen molar-refractivity contribution in [1.29, 1.82) is 0 Å². The Kier molecular flexibility index (Phi) is 10.7. The summed E-state index contributed by atoms with van der Waals surface area (Å²) in [5.41, 5.74) is 20.8. The third-order valence-electron chi connectivity index (χ3n) is 12.4. The summed E-state index contributed by atoms with van der Waals surface area (Å²) in [6.07, 6.45) is 5.22. The van der Waals surface area contributed by atoms with Gasteiger partial charge < -0.3 is 0 Å². The first-order valence-corrected chi connectivity index (χ1v) is 32.0. The van der Waals surface area contributed by atoms with Gasteiger partial charge in [-0.25, -0.2) is 0 Å². The predicted molar refractivity (Wildman–Crippen MR) is 231 cm³/mol. The van der Waals surface area contributed by atoms with Crippen molar-refractivity contribution in [3.8, 4) is 22.3 Å². The second-order valence-electron chi connectivity index (χ2n) is 17.7. The molecule has 0 spiro atoms. The van der Waals surface area contributed by atoms with Gasteiger partial charge in [0.25, 0.3) is 0 Å². The van der Waals surface area contributed by atoms with Gasteiger partial charge in [0.15, 0.2) is 0 Å². The second kappa shape index (κ2) is 13.7. The SMILES string of the molecule is CC1=Cc2c(-c3cccc4ccccc34)c(C)c(C)c(C)c2[CH]1[Zr]([CH3])([CH3])(=[SiH2])[CH]1C(C(C)C)=Cc2c(-c3ccc(C(C)(C)C)cc3)cccc21.Cl.Cl. The van der Waals surface area contributed by atoms with E-state index in [1.54, 1.807) is 22.3 Å². The van der Waals surface area contributed by atoms with Gasteiger partial charge in [-0.15, -0.1) is 24.8 Å². The smallest absolute Gasteiger partial charge is 0.147 e. The molecule has 0 N–H and O–H groups in total. The summed E-state index contributed by atoms with van der Waals surface area (Å²) < 4.78 is 6.56. The molecule has 0 saturated carbocycles. The predicted octanol–water partition coefficient (Wildman–Crippen LogP) is 13.8. The molecule has 4 heteroatoms. The van der Waals surface area contributed by atoms with Crippen LogP contribution in [0.5, 0.6) is 0 Å². The molecule has 2 atom stereocenters. The van der Waals surface area contributed by atoms with Gasteiger partial charge in [0, 0.05) is 0 Å². The fourth-order valence-corrected chi connectivity index (χ4v) is 30.4. The molecule has 266 valence electrons. The van der Waals surface area contributed by atoms with E-state index in [-0.39, 0.29) is 30.2 Å². The summed E-state index contributed by atoms with van der Waals surface area (Å²) in [7, 11) is 0. The van der Waals surface area contributed by atoms with E-state index >= 15 is 0 Å². The van der Waals surface area contributed by atoms with Gasteiger partial charge in [0.05, 0.1) is 0 Å². The van der Waals surface area contributed by atoms with Crippen molar-refractivity contribution < 1.29 is 17.4 Å². The summed E-state index contributed by atoms with van der Waals surface area (Å²) >= 11 is -3.80. The molecule has 0 fully saturated rings. The molecule has 5 aromatic rings. The molecule has 2 aliphatic carbocycles. The van der Waals surface area contributed by atoms with Crippen LogP contribution in [0, 0.1) is 26.7 Å². The van der Waals surface area contributed by atoms with Crippen LogP contribution in [0.3, 0.4) is 0 Å². The largest absolute Gasteiger partial charge is 0.147 e. The maximum absolute atomic E-state index is 3.80. The van der Waals surface area contributed by atoms with Crippen LogP contribution in [0.4, 0.5) is 0 Å². The summed E-state index contributed by atoms with van der Waals surface area (Å²) in [5, 5.41) is 2.66. The van der Waals surface area contributed by atoms with Crippen LogP contribution in [0.25, 0.3) is 45.2 Å². The van der Waals surface area contributed by atoms with Gasteiger partial charge in [-0.05, 0) is 0 Å². The first kappa shape index (κ1) is 39.7. The van der Waals surface area contributed by atoms with Crippen molar-refractivity contribution in [2.75, 3.05) is 0 Å². The number of benzene rings is 5. The van der Waals surface area contributed by atoms with Crippen LogP contribution in [0.2, 0.25) is 9.26 Å². The Balaban J connectivity index is 0.00000252. The van der Waals surface area contributed by atoms with E-state index in [9.17, 15) is 0 Å². The maximum Gasteiger partial charge on any atom is -0.147 e. The normalized spacial score (nSPS) is 17.0. The Morgan fingerprint density at radius 2 is 1.25 bits per heavy atom. The average Bonchev–Trinajstić information content (AvgIpc) is 3.63.